The quantitative estimate of drug-likeness (QED) is 0.784. The van der Waals surface area contributed by atoms with Gasteiger partial charge in [0, 0.05) is 4.47 Å². The lowest BCUT2D eigenvalue weighted by Crippen LogP contribution is -2.46. The predicted molar refractivity (Wildman–Crippen MR) is 77.3 cm³/mol. The molecular formula is C13H14BrN3O3. The van der Waals surface area contributed by atoms with Crippen molar-refractivity contribution in [2.75, 3.05) is 5.32 Å². The summed E-state index contributed by atoms with van der Waals surface area (Å²) in [5.74, 6) is -1.36. The molecule has 0 aliphatic heterocycles. The van der Waals surface area contributed by atoms with Crippen LogP contribution in [0.25, 0.3) is 0 Å². The van der Waals surface area contributed by atoms with E-state index in [1.54, 1.807) is 32.0 Å². The first-order chi connectivity index (χ1) is 9.35. The third-order valence-electron chi connectivity index (χ3n) is 2.57. The number of carboxylic acid groups (broad SMARTS) is 1. The largest absolute Gasteiger partial charge is 0.480 e. The van der Waals surface area contributed by atoms with E-state index in [1.807, 2.05) is 6.07 Å². The Morgan fingerprint density at radius 1 is 1.40 bits per heavy atom. The van der Waals surface area contributed by atoms with Crippen molar-refractivity contribution in [1.82, 2.24) is 5.32 Å². The van der Waals surface area contributed by atoms with Crippen LogP contribution in [0.15, 0.2) is 22.7 Å². The van der Waals surface area contributed by atoms with Gasteiger partial charge in [-0.05, 0) is 24.1 Å². The highest BCUT2D eigenvalue weighted by atomic mass is 79.9. The number of nitrogens with one attached hydrogen (secondary N) is 2. The zero-order valence-electron chi connectivity index (χ0n) is 11.0. The van der Waals surface area contributed by atoms with E-state index in [9.17, 15) is 9.59 Å². The lowest BCUT2D eigenvalue weighted by atomic mass is 10.1. The molecule has 0 aliphatic rings. The third kappa shape index (κ3) is 4.24. The van der Waals surface area contributed by atoms with Crippen molar-refractivity contribution in [3.05, 3.63) is 28.2 Å². The first-order valence-electron chi connectivity index (χ1n) is 5.85. The fourth-order valence-electron chi connectivity index (χ4n) is 1.53. The van der Waals surface area contributed by atoms with Crippen LogP contribution in [-0.4, -0.2) is 23.1 Å². The van der Waals surface area contributed by atoms with Gasteiger partial charge in [-0.3, -0.25) is 0 Å². The van der Waals surface area contributed by atoms with Gasteiger partial charge < -0.3 is 15.7 Å². The third-order valence-corrected chi connectivity index (χ3v) is 3.06. The summed E-state index contributed by atoms with van der Waals surface area (Å²) in [6, 6.07) is 5.10. The van der Waals surface area contributed by atoms with Gasteiger partial charge in [0.15, 0.2) is 0 Å². The minimum atomic E-state index is -1.11. The number of urea groups is 1. The molecule has 0 aliphatic carbocycles. The molecule has 0 unspecified atom stereocenters. The van der Waals surface area contributed by atoms with Crippen LogP contribution in [0.3, 0.4) is 0 Å². The number of carbonyl (C=O) groups is 2. The molecule has 7 heteroatoms. The van der Waals surface area contributed by atoms with Crippen molar-refractivity contribution in [1.29, 1.82) is 5.26 Å². The summed E-state index contributed by atoms with van der Waals surface area (Å²) in [6.45, 7) is 3.39. The van der Waals surface area contributed by atoms with Crippen LogP contribution < -0.4 is 10.6 Å². The number of benzene rings is 1. The van der Waals surface area contributed by atoms with Gasteiger partial charge in [0.1, 0.15) is 12.1 Å². The van der Waals surface area contributed by atoms with Gasteiger partial charge in [-0.15, -0.1) is 0 Å². The van der Waals surface area contributed by atoms with Crippen LogP contribution >= 0.6 is 15.9 Å². The van der Waals surface area contributed by atoms with Crippen molar-refractivity contribution in [2.24, 2.45) is 5.92 Å². The first-order valence-corrected chi connectivity index (χ1v) is 6.64. The number of carbonyl (C=O) groups excluding carboxylic acids is 1. The summed E-state index contributed by atoms with van der Waals surface area (Å²) < 4.78 is 0.714. The number of carboxylic acids is 1. The van der Waals surface area contributed by atoms with Crippen LogP contribution in [0.2, 0.25) is 0 Å². The van der Waals surface area contributed by atoms with E-state index in [0.717, 1.165) is 0 Å². The van der Waals surface area contributed by atoms with Gasteiger partial charge in [0.05, 0.1) is 11.3 Å². The molecule has 3 N–H and O–H groups in total. The van der Waals surface area contributed by atoms with Crippen LogP contribution in [0.4, 0.5) is 10.5 Å². The molecule has 6 nitrogen and oxygen atoms in total. The number of aliphatic carboxylic acids is 1. The zero-order chi connectivity index (χ0) is 15.3. The Morgan fingerprint density at radius 3 is 2.55 bits per heavy atom. The molecule has 1 aromatic rings. The van der Waals surface area contributed by atoms with E-state index < -0.39 is 18.0 Å². The van der Waals surface area contributed by atoms with Gasteiger partial charge in [0.2, 0.25) is 0 Å². The van der Waals surface area contributed by atoms with Crippen molar-refractivity contribution in [3.63, 3.8) is 0 Å². The maximum absolute atomic E-state index is 11.8. The van der Waals surface area contributed by atoms with Gasteiger partial charge in [-0.25, -0.2) is 9.59 Å². The Bertz CT molecular complexity index is 566. The van der Waals surface area contributed by atoms with Gasteiger partial charge >= 0.3 is 12.0 Å². The Labute approximate surface area is 124 Å². The molecular weight excluding hydrogens is 326 g/mol. The second-order valence-corrected chi connectivity index (χ2v) is 5.38. The summed E-state index contributed by atoms with van der Waals surface area (Å²) in [4.78, 5) is 22.8. The van der Waals surface area contributed by atoms with Gasteiger partial charge in [-0.1, -0.05) is 29.8 Å². The normalized spacial score (nSPS) is 11.6. The monoisotopic (exact) mass is 339 g/mol. The van der Waals surface area contributed by atoms with Crippen LogP contribution in [0.5, 0.6) is 0 Å². The number of rotatable bonds is 4. The fourth-order valence-corrected chi connectivity index (χ4v) is 1.89. The molecule has 106 valence electrons. The summed E-state index contributed by atoms with van der Waals surface area (Å²) in [6.07, 6.45) is 0. The second kappa shape index (κ2) is 6.91. The first kappa shape index (κ1) is 16.0. The number of halogens is 1. The van der Waals surface area contributed by atoms with E-state index >= 15 is 0 Å². The second-order valence-electron chi connectivity index (χ2n) is 4.46. The summed E-state index contributed by atoms with van der Waals surface area (Å²) in [5, 5.41) is 22.8. The number of anilines is 1. The van der Waals surface area contributed by atoms with Gasteiger partial charge in [0.25, 0.3) is 0 Å². The Kier molecular flexibility index (Phi) is 5.53. The highest BCUT2D eigenvalue weighted by molar-refractivity contribution is 9.10. The van der Waals surface area contributed by atoms with Crippen LogP contribution in [-0.2, 0) is 4.79 Å². The van der Waals surface area contributed by atoms with Gasteiger partial charge in [-0.2, -0.15) is 5.26 Å². The van der Waals surface area contributed by atoms with E-state index in [1.165, 1.54) is 0 Å². The summed E-state index contributed by atoms with van der Waals surface area (Å²) >= 11 is 3.22. The highest BCUT2D eigenvalue weighted by Crippen LogP contribution is 2.20. The Balaban J connectivity index is 2.81. The van der Waals surface area contributed by atoms with Crippen LogP contribution in [0, 0.1) is 17.2 Å². The maximum Gasteiger partial charge on any atom is 0.326 e. The molecule has 1 atom stereocenters. The molecule has 1 rings (SSSR count). The predicted octanol–water partition coefficient (Wildman–Crippen LogP) is 2.55. The summed E-state index contributed by atoms with van der Waals surface area (Å²) in [5.41, 5.74) is 0.604. The molecule has 0 saturated heterocycles. The topological polar surface area (TPSA) is 102 Å². The zero-order valence-corrected chi connectivity index (χ0v) is 12.6. The van der Waals surface area contributed by atoms with Crippen LogP contribution in [0.1, 0.15) is 19.4 Å². The van der Waals surface area contributed by atoms with E-state index in [4.69, 9.17) is 10.4 Å². The minimum Gasteiger partial charge on any atom is -0.480 e. The highest BCUT2D eigenvalue weighted by Gasteiger charge is 2.23. The average Bonchev–Trinajstić information content (AvgIpc) is 2.37. The van der Waals surface area contributed by atoms with Crippen molar-refractivity contribution in [3.8, 4) is 6.07 Å². The standard InChI is InChI=1S/C13H14BrN3O3/c1-7(2)11(12(18)19)17-13(20)16-10-4-3-9(14)5-8(10)6-15/h3-5,7,11H,1-2H3,(H,18,19)(H2,16,17,20)/t11-/m1/s1. The van der Waals surface area contributed by atoms with E-state index in [2.05, 4.69) is 26.6 Å². The Morgan fingerprint density at radius 2 is 2.05 bits per heavy atom. The van der Waals surface area contributed by atoms with E-state index in [0.29, 0.717) is 10.2 Å². The maximum atomic E-state index is 11.8. The molecule has 0 saturated carbocycles. The lowest BCUT2D eigenvalue weighted by Gasteiger charge is -2.18. The number of nitriles is 1. The molecule has 0 spiro atoms. The molecule has 0 bridgehead atoms. The number of hydrogen-bond acceptors (Lipinski definition) is 3. The molecule has 2 amide bonds. The number of nitrogens with zero attached hydrogens (tertiary/aromatic N) is 1. The lowest BCUT2D eigenvalue weighted by molar-refractivity contribution is -0.140. The molecule has 20 heavy (non-hydrogen) atoms. The smallest absolute Gasteiger partial charge is 0.326 e. The number of amides is 2. The minimum absolute atomic E-state index is 0.251. The van der Waals surface area contributed by atoms with E-state index in [-0.39, 0.29) is 11.5 Å². The average molecular weight is 340 g/mol. The fraction of sp³-hybridized carbons (Fsp3) is 0.308. The number of hydrogen-bond donors (Lipinski definition) is 3. The van der Waals surface area contributed by atoms with Crippen molar-refractivity contribution < 1.29 is 14.7 Å². The summed E-state index contributed by atoms with van der Waals surface area (Å²) in [7, 11) is 0. The molecule has 0 fully saturated rings. The molecule has 0 radical (unpaired) electrons. The SMILES string of the molecule is CC(C)[C@@H](NC(=O)Nc1ccc(Br)cc1C#N)C(=O)O. The molecule has 0 heterocycles. The molecule has 1 aromatic carbocycles. The van der Waals surface area contributed by atoms with Crippen molar-refractivity contribution in [2.45, 2.75) is 19.9 Å². The molecule has 0 aromatic heterocycles. The van der Waals surface area contributed by atoms with Crippen molar-refractivity contribution >= 4 is 33.6 Å². The Hall–Kier alpha value is -2.07.